The number of hydrogen-bond donors (Lipinski definition) is 1. The van der Waals surface area contributed by atoms with Crippen LogP contribution in [0.4, 0.5) is 30.7 Å². The smallest absolute Gasteiger partial charge is 0.437 e. The minimum atomic E-state index is -4.89. The number of hydrogen-bond acceptors (Lipinski definition) is 10. The summed E-state index contributed by atoms with van der Waals surface area (Å²) in [5.41, 5.74) is -0.0143. The summed E-state index contributed by atoms with van der Waals surface area (Å²) in [5.74, 6) is -1.00. The zero-order valence-electron chi connectivity index (χ0n) is 23.8. The van der Waals surface area contributed by atoms with Gasteiger partial charge in [0, 0.05) is 26.2 Å². The Morgan fingerprint density at radius 3 is 2.48 bits per heavy atom. The fourth-order valence-electron chi connectivity index (χ4n) is 5.45. The Morgan fingerprint density at radius 2 is 1.80 bits per heavy atom. The van der Waals surface area contributed by atoms with E-state index in [0.29, 0.717) is 44.4 Å². The van der Waals surface area contributed by atoms with Crippen molar-refractivity contribution in [2.45, 2.75) is 44.9 Å². The van der Waals surface area contributed by atoms with E-state index in [1.165, 1.54) is 17.8 Å². The molecule has 0 spiro atoms. The highest BCUT2D eigenvalue weighted by Crippen LogP contribution is 2.36. The number of piperidine rings is 1. The molecule has 1 saturated heterocycles. The number of pyridine rings is 1. The van der Waals surface area contributed by atoms with Crippen molar-refractivity contribution in [1.82, 2.24) is 24.7 Å². The van der Waals surface area contributed by atoms with E-state index in [1.807, 2.05) is 35.2 Å². The van der Waals surface area contributed by atoms with Crippen LogP contribution in [0, 0.1) is 0 Å². The van der Waals surface area contributed by atoms with Gasteiger partial charge < -0.3 is 28.8 Å². The Morgan fingerprint density at radius 1 is 1.02 bits per heavy atom. The normalized spacial score (nSPS) is 15.6. The van der Waals surface area contributed by atoms with Crippen LogP contribution < -0.4 is 15.1 Å². The number of anilines is 3. The molecule has 44 heavy (non-hydrogen) atoms. The molecule has 12 nitrogen and oxygen atoms in total. The molecule has 15 heteroatoms. The van der Waals surface area contributed by atoms with Crippen molar-refractivity contribution in [3.05, 3.63) is 77.3 Å². The molecular weight excluding hydrogens is 581 g/mol. The van der Waals surface area contributed by atoms with Gasteiger partial charge in [-0.3, -0.25) is 4.79 Å². The highest BCUT2D eigenvalue weighted by atomic mass is 19.4. The standard InChI is InChI=1S/C29H29F3N8O4/c1-2-43-27(42)25-37-36-22-17-39(14-15-40(22)25)21-9-8-20(16-33-21)34-26(41)23-24(29(30,31)32)35-28(44-23)38-12-10-19(11-13-38)18-6-4-3-5-7-18/h3-9,16,19H,2,10-15,17H2,1H3,(H,34,41). The second-order valence-electron chi connectivity index (χ2n) is 10.4. The number of benzene rings is 1. The molecule has 3 aromatic heterocycles. The summed E-state index contributed by atoms with van der Waals surface area (Å²) in [5, 5.41) is 10.5. The highest BCUT2D eigenvalue weighted by molar-refractivity contribution is 6.03. The van der Waals surface area contributed by atoms with E-state index in [-0.39, 0.29) is 30.1 Å². The SMILES string of the molecule is CCOC(=O)c1nnc2n1CCN(c1ccc(NC(=O)c3oc(N4CCC(c5ccccc5)CC4)nc3C(F)(F)F)cn1)C2. The van der Waals surface area contributed by atoms with Gasteiger partial charge in [-0.25, -0.2) is 9.78 Å². The number of alkyl halides is 3. The molecule has 2 aliphatic heterocycles. The zero-order chi connectivity index (χ0) is 30.8. The molecule has 0 bridgehead atoms. The van der Waals surface area contributed by atoms with Crippen LogP contribution in [0.3, 0.4) is 0 Å². The summed E-state index contributed by atoms with van der Waals surface area (Å²) in [6, 6.07) is 12.9. The first kappa shape index (κ1) is 29.1. The van der Waals surface area contributed by atoms with Gasteiger partial charge in [-0.05, 0) is 43.4 Å². The van der Waals surface area contributed by atoms with E-state index in [0.717, 1.165) is 12.8 Å². The summed E-state index contributed by atoms with van der Waals surface area (Å²) in [6.07, 6.45) is -2.11. The molecule has 0 aliphatic carbocycles. The van der Waals surface area contributed by atoms with E-state index in [1.54, 1.807) is 22.5 Å². The number of halogens is 3. The number of esters is 1. The molecule has 2 aliphatic rings. The number of oxazole rings is 1. The molecule has 4 aromatic rings. The molecule has 1 N–H and O–H groups in total. The minimum absolute atomic E-state index is 0.137. The molecule has 0 radical (unpaired) electrons. The first-order valence-corrected chi connectivity index (χ1v) is 14.2. The third-order valence-electron chi connectivity index (χ3n) is 7.67. The summed E-state index contributed by atoms with van der Waals surface area (Å²) < 4.78 is 53.8. The number of carbonyl (C=O) groups excluding carboxylic acids is 2. The van der Waals surface area contributed by atoms with Crippen molar-refractivity contribution < 1.29 is 31.9 Å². The average molecular weight is 611 g/mol. The molecule has 0 atom stereocenters. The van der Waals surface area contributed by atoms with Crippen LogP contribution in [-0.4, -0.2) is 62.9 Å². The van der Waals surface area contributed by atoms with Crippen LogP contribution in [-0.2, 0) is 24.0 Å². The second kappa shape index (κ2) is 12.0. The molecule has 6 rings (SSSR count). The van der Waals surface area contributed by atoms with E-state index in [9.17, 15) is 22.8 Å². The van der Waals surface area contributed by atoms with Crippen LogP contribution in [0.2, 0.25) is 0 Å². The van der Waals surface area contributed by atoms with E-state index >= 15 is 0 Å². The van der Waals surface area contributed by atoms with Crippen LogP contribution in [0.25, 0.3) is 0 Å². The van der Waals surface area contributed by atoms with Crippen LogP contribution in [0.1, 0.15) is 63.9 Å². The lowest BCUT2D eigenvalue weighted by molar-refractivity contribution is -0.141. The number of nitrogens with zero attached hydrogens (tertiary/aromatic N) is 7. The molecule has 1 fully saturated rings. The Hall–Kier alpha value is -4.95. The van der Waals surface area contributed by atoms with Crippen molar-refractivity contribution in [2.24, 2.45) is 0 Å². The number of rotatable bonds is 7. The Kier molecular flexibility index (Phi) is 7.93. The lowest BCUT2D eigenvalue weighted by atomic mass is 9.90. The molecule has 1 amide bonds. The van der Waals surface area contributed by atoms with Gasteiger partial charge in [-0.1, -0.05) is 30.3 Å². The monoisotopic (exact) mass is 610 g/mol. The molecule has 0 saturated carbocycles. The van der Waals surface area contributed by atoms with Gasteiger partial charge in [0.1, 0.15) is 5.82 Å². The maximum atomic E-state index is 13.9. The summed E-state index contributed by atoms with van der Waals surface area (Å²) >= 11 is 0. The second-order valence-corrected chi connectivity index (χ2v) is 10.4. The van der Waals surface area contributed by atoms with Crippen LogP contribution in [0.5, 0.6) is 0 Å². The van der Waals surface area contributed by atoms with E-state index in [4.69, 9.17) is 9.15 Å². The van der Waals surface area contributed by atoms with Crippen LogP contribution in [0.15, 0.2) is 53.1 Å². The van der Waals surface area contributed by atoms with Gasteiger partial charge in [0.15, 0.2) is 11.5 Å². The maximum Gasteiger partial charge on any atom is 0.437 e. The van der Waals surface area contributed by atoms with Crippen molar-refractivity contribution in [1.29, 1.82) is 0 Å². The van der Waals surface area contributed by atoms with Gasteiger partial charge in [0.2, 0.25) is 11.6 Å². The molecule has 230 valence electrons. The summed E-state index contributed by atoms with van der Waals surface area (Å²) in [7, 11) is 0. The van der Waals surface area contributed by atoms with Crippen LogP contribution >= 0.6 is 0 Å². The van der Waals surface area contributed by atoms with Gasteiger partial charge in [-0.15, -0.1) is 10.2 Å². The maximum absolute atomic E-state index is 13.9. The van der Waals surface area contributed by atoms with E-state index < -0.39 is 29.5 Å². The van der Waals surface area contributed by atoms with Gasteiger partial charge in [-0.2, -0.15) is 18.2 Å². The fourth-order valence-corrected chi connectivity index (χ4v) is 5.45. The lowest BCUT2D eigenvalue weighted by Crippen LogP contribution is -2.35. The predicted molar refractivity (Wildman–Crippen MR) is 151 cm³/mol. The number of aromatic nitrogens is 5. The quantitative estimate of drug-likeness (QED) is 0.298. The highest BCUT2D eigenvalue weighted by Gasteiger charge is 2.42. The third-order valence-corrected chi connectivity index (χ3v) is 7.67. The van der Waals surface area contributed by atoms with E-state index in [2.05, 4.69) is 25.5 Å². The Balaban J connectivity index is 1.12. The van der Waals surface area contributed by atoms with Crippen molar-refractivity contribution in [3.63, 3.8) is 0 Å². The zero-order valence-corrected chi connectivity index (χ0v) is 23.8. The molecule has 1 aromatic carbocycles. The van der Waals surface area contributed by atoms with Crippen molar-refractivity contribution in [2.75, 3.05) is 41.4 Å². The Bertz CT molecular complexity index is 1630. The third kappa shape index (κ3) is 5.94. The van der Waals surface area contributed by atoms with Gasteiger partial charge >= 0.3 is 12.1 Å². The molecular formula is C29H29F3N8O4. The number of amides is 1. The molecule has 0 unspecified atom stereocenters. The van der Waals surface area contributed by atoms with Gasteiger partial charge in [0.05, 0.1) is 25.0 Å². The first-order chi connectivity index (χ1) is 21.2. The predicted octanol–water partition coefficient (Wildman–Crippen LogP) is 4.51. The van der Waals surface area contributed by atoms with Gasteiger partial charge in [0.25, 0.3) is 11.9 Å². The number of ether oxygens (including phenoxy) is 1. The van der Waals surface area contributed by atoms with Crippen molar-refractivity contribution >= 4 is 29.4 Å². The number of fused-ring (bicyclic) bond motifs is 1. The summed E-state index contributed by atoms with van der Waals surface area (Å²) in [4.78, 5) is 36.7. The van der Waals surface area contributed by atoms with Crippen molar-refractivity contribution in [3.8, 4) is 0 Å². The molecule has 5 heterocycles. The minimum Gasteiger partial charge on any atom is -0.460 e. The topological polar surface area (TPSA) is 132 Å². The largest absolute Gasteiger partial charge is 0.460 e. The lowest BCUT2D eigenvalue weighted by Gasteiger charge is -2.31. The Labute approximate surface area is 249 Å². The first-order valence-electron chi connectivity index (χ1n) is 14.2. The average Bonchev–Trinajstić information content (AvgIpc) is 3.68. The fraction of sp³-hybridized carbons (Fsp3) is 0.379. The number of carbonyl (C=O) groups is 2. The summed E-state index contributed by atoms with van der Waals surface area (Å²) in [6.45, 7) is 4.07. The number of nitrogens with one attached hydrogen (secondary N) is 1.